The first kappa shape index (κ1) is 15.5. The van der Waals surface area contributed by atoms with Gasteiger partial charge in [0.2, 0.25) is 5.91 Å². The number of aromatic carboxylic acids is 1. The highest BCUT2D eigenvalue weighted by Crippen LogP contribution is 2.34. The fraction of sp³-hybridized carbons (Fsp3) is 0.688. The second-order valence-corrected chi connectivity index (χ2v) is 7.46. The van der Waals surface area contributed by atoms with Gasteiger partial charge in [-0.3, -0.25) is 4.79 Å². The molecular weight excluding hydrogens is 300 g/mol. The Morgan fingerprint density at radius 1 is 1.27 bits per heavy atom. The van der Waals surface area contributed by atoms with Crippen molar-refractivity contribution in [3.63, 3.8) is 0 Å². The quantitative estimate of drug-likeness (QED) is 0.925. The number of amides is 1. The molecule has 0 spiro atoms. The summed E-state index contributed by atoms with van der Waals surface area (Å²) in [4.78, 5) is 30.1. The van der Waals surface area contributed by atoms with Crippen LogP contribution in [-0.4, -0.2) is 40.0 Å². The number of nitrogens with zero attached hydrogens (tertiary/aromatic N) is 2. The van der Waals surface area contributed by atoms with Gasteiger partial charge >= 0.3 is 5.97 Å². The van der Waals surface area contributed by atoms with Gasteiger partial charge in [-0.1, -0.05) is 6.42 Å². The van der Waals surface area contributed by atoms with E-state index in [2.05, 4.69) is 4.98 Å². The standard InChI is InChI=1S/C16H22N2O3S/c1-10-14(16(20)21)22-15(17-10)12-5-7-18(8-6-12)13(19)9-11-3-2-4-11/h11-12H,2-9H2,1H3,(H,20,21). The molecule has 2 fully saturated rings. The predicted molar refractivity (Wildman–Crippen MR) is 84.3 cm³/mol. The number of carbonyl (C=O) groups excluding carboxylic acids is 1. The number of aromatic nitrogens is 1. The zero-order valence-electron chi connectivity index (χ0n) is 12.9. The van der Waals surface area contributed by atoms with Crippen LogP contribution in [0.5, 0.6) is 0 Å². The minimum absolute atomic E-state index is 0.296. The van der Waals surface area contributed by atoms with Crippen molar-refractivity contribution in [1.29, 1.82) is 0 Å². The van der Waals surface area contributed by atoms with Gasteiger partial charge in [0.25, 0.3) is 0 Å². The highest BCUT2D eigenvalue weighted by molar-refractivity contribution is 7.13. The van der Waals surface area contributed by atoms with E-state index in [0.29, 0.717) is 34.7 Å². The Morgan fingerprint density at radius 2 is 1.95 bits per heavy atom. The first-order valence-electron chi connectivity index (χ1n) is 8.03. The molecular formula is C16H22N2O3S. The van der Waals surface area contributed by atoms with Gasteiger partial charge in [-0.25, -0.2) is 9.78 Å². The van der Waals surface area contributed by atoms with Gasteiger partial charge < -0.3 is 10.0 Å². The third-order valence-corrected chi connectivity index (χ3v) is 6.20. The highest BCUT2D eigenvalue weighted by atomic mass is 32.1. The van der Waals surface area contributed by atoms with Crippen molar-refractivity contribution in [1.82, 2.24) is 9.88 Å². The molecule has 1 aromatic heterocycles. The van der Waals surface area contributed by atoms with E-state index >= 15 is 0 Å². The number of piperidine rings is 1. The summed E-state index contributed by atoms with van der Waals surface area (Å²) in [5.41, 5.74) is 0.607. The first-order chi connectivity index (χ1) is 10.5. The van der Waals surface area contributed by atoms with Crippen molar-refractivity contribution in [3.8, 4) is 0 Å². The summed E-state index contributed by atoms with van der Waals surface area (Å²) < 4.78 is 0. The van der Waals surface area contributed by atoms with E-state index in [4.69, 9.17) is 5.11 Å². The maximum absolute atomic E-state index is 12.2. The van der Waals surface area contributed by atoms with Crippen molar-refractivity contribution in [2.24, 2.45) is 5.92 Å². The number of likely N-dealkylation sites (tertiary alicyclic amines) is 1. The van der Waals surface area contributed by atoms with E-state index in [1.165, 1.54) is 30.6 Å². The lowest BCUT2D eigenvalue weighted by atomic mass is 9.82. The summed E-state index contributed by atoms with van der Waals surface area (Å²) in [6.07, 6.45) is 6.18. The Balaban J connectivity index is 1.55. The average Bonchev–Trinajstić information content (AvgIpc) is 2.85. The summed E-state index contributed by atoms with van der Waals surface area (Å²) in [6, 6.07) is 0. The molecule has 5 nitrogen and oxygen atoms in total. The third kappa shape index (κ3) is 3.16. The summed E-state index contributed by atoms with van der Waals surface area (Å²) in [6.45, 7) is 3.30. The van der Waals surface area contributed by atoms with E-state index in [0.717, 1.165) is 30.9 Å². The van der Waals surface area contributed by atoms with Crippen molar-refractivity contribution in [2.75, 3.05) is 13.1 Å². The average molecular weight is 322 g/mol. The third-order valence-electron chi connectivity index (χ3n) is 4.89. The van der Waals surface area contributed by atoms with Crippen LogP contribution in [0.25, 0.3) is 0 Å². The molecule has 0 unspecified atom stereocenters. The predicted octanol–water partition coefficient (Wildman–Crippen LogP) is 3.05. The Kier molecular flexibility index (Phi) is 4.47. The van der Waals surface area contributed by atoms with Gasteiger partial charge in [-0.15, -0.1) is 11.3 Å². The van der Waals surface area contributed by atoms with Crippen molar-refractivity contribution >= 4 is 23.2 Å². The normalized spacial score (nSPS) is 20.0. The van der Waals surface area contributed by atoms with E-state index in [1.807, 2.05) is 4.90 Å². The molecule has 22 heavy (non-hydrogen) atoms. The van der Waals surface area contributed by atoms with Crippen molar-refractivity contribution in [3.05, 3.63) is 15.6 Å². The van der Waals surface area contributed by atoms with Crippen LogP contribution >= 0.6 is 11.3 Å². The summed E-state index contributed by atoms with van der Waals surface area (Å²) in [5, 5.41) is 10.0. The lowest BCUT2D eigenvalue weighted by molar-refractivity contribution is -0.133. The Labute approximate surface area is 134 Å². The van der Waals surface area contributed by atoms with Crippen LogP contribution in [0.4, 0.5) is 0 Å². The van der Waals surface area contributed by atoms with E-state index < -0.39 is 5.97 Å². The Hall–Kier alpha value is -1.43. The molecule has 3 rings (SSSR count). The molecule has 1 aliphatic carbocycles. The minimum atomic E-state index is -0.894. The fourth-order valence-electron chi connectivity index (χ4n) is 3.24. The molecule has 1 saturated heterocycles. The SMILES string of the molecule is Cc1nc(C2CCN(C(=O)CC3CCC3)CC2)sc1C(=O)O. The van der Waals surface area contributed by atoms with Gasteiger partial charge in [0, 0.05) is 25.4 Å². The fourth-order valence-corrected chi connectivity index (χ4v) is 4.31. The largest absolute Gasteiger partial charge is 0.477 e. The molecule has 120 valence electrons. The summed E-state index contributed by atoms with van der Waals surface area (Å²) in [5.74, 6) is 0.313. The molecule has 0 radical (unpaired) electrons. The zero-order valence-corrected chi connectivity index (χ0v) is 13.7. The number of hydrogen-bond donors (Lipinski definition) is 1. The first-order valence-corrected chi connectivity index (χ1v) is 8.84. The Bertz CT molecular complexity index is 572. The monoisotopic (exact) mass is 322 g/mol. The topological polar surface area (TPSA) is 70.5 Å². The summed E-state index contributed by atoms with van der Waals surface area (Å²) >= 11 is 1.29. The van der Waals surface area contributed by atoms with Crippen LogP contribution in [0, 0.1) is 12.8 Å². The number of carboxylic acids is 1. The van der Waals surface area contributed by atoms with Crippen LogP contribution in [0.15, 0.2) is 0 Å². The van der Waals surface area contributed by atoms with Crippen LogP contribution < -0.4 is 0 Å². The highest BCUT2D eigenvalue weighted by Gasteiger charge is 2.29. The van der Waals surface area contributed by atoms with Crippen LogP contribution in [-0.2, 0) is 4.79 Å². The maximum Gasteiger partial charge on any atom is 0.347 e. The van der Waals surface area contributed by atoms with Gasteiger partial charge in [-0.2, -0.15) is 0 Å². The van der Waals surface area contributed by atoms with Crippen LogP contribution in [0.3, 0.4) is 0 Å². The van der Waals surface area contributed by atoms with E-state index in [-0.39, 0.29) is 0 Å². The number of carboxylic acid groups (broad SMARTS) is 1. The molecule has 1 saturated carbocycles. The molecule has 1 N–H and O–H groups in total. The number of carbonyl (C=O) groups is 2. The van der Waals surface area contributed by atoms with Crippen LogP contribution in [0.2, 0.25) is 0 Å². The smallest absolute Gasteiger partial charge is 0.347 e. The molecule has 1 aromatic rings. The second kappa shape index (κ2) is 6.36. The van der Waals surface area contributed by atoms with Gasteiger partial charge in [-0.05, 0) is 38.5 Å². The molecule has 6 heteroatoms. The molecule has 1 aliphatic heterocycles. The van der Waals surface area contributed by atoms with E-state index in [1.54, 1.807) is 6.92 Å². The van der Waals surface area contributed by atoms with E-state index in [9.17, 15) is 9.59 Å². The number of thiazole rings is 1. The number of aryl methyl sites for hydroxylation is 1. The van der Waals surface area contributed by atoms with Gasteiger partial charge in [0.15, 0.2) is 0 Å². The second-order valence-electron chi connectivity index (χ2n) is 6.43. The summed E-state index contributed by atoms with van der Waals surface area (Å²) in [7, 11) is 0. The molecule has 2 aliphatic rings. The van der Waals surface area contributed by atoms with Gasteiger partial charge in [0.05, 0.1) is 10.7 Å². The molecule has 1 amide bonds. The molecule has 0 atom stereocenters. The van der Waals surface area contributed by atoms with Gasteiger partial charge in [0.1, 0.15) is 4.88 Å². The number of rotatable bonds is 4. The minimum Gasteiger partial charge on any atom is -0.477 e. The lowest BCUT2D eigenvalue weighted by Gasteiger charge is -2.33. The van der Waals surface area contributed by atoms with Crippen molar-refractivity contribution < 1.29 is 14.7 Å². The molecule has 0 bridgehead atoms. The zero-order chi connectivity index (χ0) is 15.7. The maximum atomic E-state index is 12.2. The van der Waals surface area contributed by atoms with Crippen molar-refractivity contribution in [2.45, 2.75) is 51.4 Å². The Morgan fingerprint density at radius 3 is 2.45 bits per heavy atom. The number of hydrogen-bond acceptors (Lipinski definition) is 4. The lowest BCUT2D eigenvalue weighted by Crippen LogP contribution is -2.39. The molecule has 2 heterocycles. The van der Waals surface area contributed by atoms with Crippen LogP contribution in [0.1, 0.15) is 64.8 Å². The molecule has 0 aromatic carbocycles.